The van der Waals surface area contributed by atoms with E-state index in [1.54, 1.807) is 25.2 Å². The molecule has 1 N–H and O–H groups in total. The molecule has 1 aromatic heterocycles. The lowest BCUT2D eigenvalue weighted by Crippen LogP contribution is -2.02. The van der Waals surface area contributed by atoms with Crippen molar-refractivity contribution in [1.82, 2.24) is 9.97 Å². The van der Waals surface area contributed by atoms with E-state index in [4.69, 9.17) is 9.47 Å². The predicted octanol–water partition coefficient (Wildman–Crippen LogP) is 2.11. The molecule has 1 aromatic carbocycles. The Hall–Kier alpha value is -2.90. The molecule has 0 spiro atoms. The molecule has 2 aromatic rings. The average Bonchev–Trinajstić information content (AvgIpc) is 2.53. The van der Waals surface area contributed by atoms with Gasteiger partial charge in [-0.15, -0.1) is 0 Å². The van der Waals surface area contributed by atoms with Crippen molar-refractivity contribution in [2.75, 3.05) is 26.6 Å². The highest BCUT2D eigenvalue weighted by Gasteiger charge is 2.22. The molecule has 8 nitrogen and oxygen atoms in total. The smallest absolute Gasteiger partial charge is 0.313 e. The predicted molar refractivity (Wildman–Crippen MR) is 76.8 cm³/mol. The van der Waals surface area contributed by atoms with Crippen LogP contribution in [0.25, 0.3) is 11.3 Å². The van der Waals surface area contributed by atoms with E-state index in [1.807, 2.05) is 0 Å². The molecule has 0 aliphatic rings. The first kappa shape index (κ1) is 14.5. The number of ether oxygens (including phenoxy) is 2. The molecule has 0 amide bonds. The summed E-state index contributed by atoms with van der Waals surface area (Å²) in [6.07, 6.45) is 1.16. The maximum absolute atomic E-state index is 11.2. The highest BCUT2D eigenvalue weighted by atomic mass is 16.6. The third-order valence-electron chi connectivity index (χ3n) is 2.85. The van der Waals surface area contributed by atoms with Crippen molar-refractivity contribution in [3.8, 4) is 22.8 Å². The van der Waals surface area contributed by atoms with Crippen LogP contribution in [0.5, 0.6) is 11.5 Å². The van der Waals surface area contributed by atoms with Crippen molar-refractivity contribution in [1.29, 1.82) is 0 Å². The average molecular weight is 290 g/mol. The van der Waals surface area contributed by atoms with Gasteiger partial charge in [0.15, 0.2) is 5.69 Å². The first-order valence-electron chi connectivity index (χ1n) is 6.02. The van der Waals surface area contributed by atoms with Gasteiger partial charge in [0.2, 0.25) is 5.95 Å². The monoisotopic (exact) mass is 290 g/mol. The van der Waals surface area contributed by atoms with E-state index < -0.39 is 4.92 Å². The van der Waals surface area contributed by atoms with Crippen molar-refractivity contribution in [3.63, 3.8) is 0 Å². The fourth-order valence-corrected chi connectivity index (χ4v) is 1.83. The van der Waals surface area contributed by atoms with Crippen LogP contribution < -0.4 is 14.8 Å². The summed E-state index contributed by atoms with van der Waals surface area (Å²) in [5.41, 5.74) is 0.415. The molecule has 110 valence electrons. The van der Waals surface area contributed by atoms with Crippen LogP contribution in [0, 0.1) is 10.1 Å². The Bertz CT molecular complexity index is 675. The van der Waals surface area contributed by atoms with Gasteiger partial charge in [-0.25, -0.2) is 9.97 Å². The molecule has 0 atom stereocenters. The molecule has 2 rings (SSSR count). The van der Waals surface area contributed by atoms with Crippen LogP contribution >= 0.6 is 0 Å². The van der Waals surface area contributed by atoms with E-state index in [-0.39, 0.29) is 17.3 Å². The van der Waals surface area contributed by atoms with Gasteiger partial charge in [-0.05, 0) is 18.2 Å². The first-order valence-corrected chi connectivity index (χ1v) is 6.02. The van der Waals surface area contributed by atoms with Gasteiger partial charge in [-0.2, -0.15) is 0 Å². The third kappa shape index (κ3) is 2.83. The van der Waals surface area contributed by atoms with Crippen LogP contribution in [0.15, 0.2) is 24.4 Å². The molecule has 0 radical (unpaired) electrons. The number of nitrogens with zero attached hydrogens (tertiary/aromatic N) is 3. The zero-order valence-electron chi connectivity index (χ0n) is 11.8. The molecule has 0 fully saturated rings. The number of hydrogen-bond donors (Lipinski definition) is 1. The minimum Gasteiger partial charge on any atom is -0.497 e. The summed E-state index contributed by atoms with van der Waals surface area (Å²) in [6.45, 7) is 0. The maximum atomic E-state index is 11.2. The second-order valence-electron chi connectivity index (χ2n) is 4.00. The summed E-state index contributed by atoms with van der Waals surface area (Å²) in [4.78, 5) is 18.7. The Kier molecular flexibility index (Phi) is 4.17. The SMILES string of the molecule is CNc1ncc([N+](=O)[O-])c(-c2cc(OC)ccc2OC)n1. The van der Waals surface area contributed by atoms with E-state index in [2.05, 4.69) is 15.3 Å². The summed E-state index contributed by atoms with van der Waals surface area (Å²) in [5, 5.41) is 13.9. The molecular formula is C13H14N4O4. The summed E-state index contributed by atoms with van der Waals surface area (Å²) < 4.78 is 10.4. The van der Waals surface area contributed by atoms with Crippen molar-refractivity contribution >= 4 is 11.6 Å². The summed E-state index contributed by atoms with van der Waals surface area (Å²) in [7, 11) is 4.63. The van der Waals surface area contributed by atoms with E-state index in [0.717, 1.165) is 6.20 Å². The van der Waals surface area contributed by atoms with Gasteiger partial charge in [0.1, 0.15) is 17.7 Å². The van der Waals surface area contributed by atoms with Gasteiger partial charge >= 0.3 is 5.69 Å². The minimum atomic E-state index is -0.534. The number of nitrogens with one attached hydrogen (secondary N) is 1. The standard InChI is InChI=1S/C13H14N4O4/c1-14-13-15-7-10(17(18)19)12(16-13)9-6-8(20-2)4-5-11(9)21-3/h4-7H,1-3H3,(H,14,15,16). The molecule has 0 saturated heterocycles. The molecule has 21 heavy (non-hydrogen) atoms. The molecule has 0 bridgehead atoms. The second kappa shape index (κ2) is 6.04. The molecule has 0 unspecified atom stereocenters. The lowest BCUT2D eigenvalue weighted by atomic mass is 10.1. The molecular weight excluding hydrogens is 276 g/mol. The van der Waals surface area contributed by atoms with Crippen LogP contribution in [0.2, 0.25) is 0 Å². The number of rotatable bonds is 5. The summed E-state index contributed by atoms with van der Waals surface area (Å²) in [6, 6.07) is 5.00. The molecule has 8 heteroatoms. The number of aromatic nitrogens is 2. The summed E-state index contributed by atoms with van der Waals surface area (Å²) >= 11 is 0. The lowest BCUT2D eigenvalue weighted by molar-refractivity contribution is -0.384. The number of nitro groups is 1. The summed E-state index contributed by atoms with van der Waals surface area (Å²) in [5.74, 6) is 1.28. The number of methoxy groups -OCH3 is 2. The first-order chi connectivity index (χ1) is 10.1. The van der Waals surface area contributed by atoms with Crippen molar-refractivity contribution in [2.45, 2.75) is 0 Å². The number of anilines is 1. The van der Waals surface area contributed by atoms with E-state index >= 15 is 0 Å². The van der Waals surface area contributed by atoms with Crippen LogP contribution in [0.1, 0.15) is 0 Å². The highest BCUT2D eigenvalue weighted by Crippen LogP contribution is 2.37. The molecule has 1 heterocycles. The Morgan fingerprint density at radius 1 is 1.29 bits per heavy atom. The third-order valence-corrected chi connectivity index (χ3v) is 2.85. The molecule has 0 saturated carbocycles. The quantitative estimate of drug-likeness (QED) is 0.665. The van der Waals surface area contributed by atoms with Crippen LogP contribution in [-0.4, -0.2) is 36.2 Å². The zero-order chi connectivity index (χ0) is 15.4. The van der Waals surface area contributed by atoms with Gasteiger partial charge in [0, 0.05) is 7.05 Å². The fraction of sp³-hybridized carbons (Fsp3) is 0.231. The van der Waals surface area contributed by atoms with E-state index in [9.17, 15) is 10.1 Å². The second-order valence-corrected chi connectivity index (χ2v) is 4.00. The highest BCUT2D eigenvalue weighted by molar-refractivity contribution is 5.76. The Balaban J connectivity index is 2.71. The Morgan fingerprint density at radius 2 is 2.05 bits per heavy atom. The largest absolute Gasteiger partial charge is 0.497 e. The minimum absolute atomic E-state index is 0.162. The van der Waals surface area contributed by atoms with Crippen molar-refractivity contribution in [3.05, 3.63) is 34.5 Å². The topological polar surface area (TPSA) is 99.4 Å². The van der Waals surface area contributed by atoms with E-state index in [0.29, 0.717) is 17.1 Å². The zero-order valence-corrected chi connectivity index (χ0v) is 11.8. The maximum Gasteiger partial charge on any atom is 0.313 e. The van der Waals surface area contributed by atoms with Crippen molar-refractivity contribution in [2.24, 2.45) is 0 Å². The van der Waals surface area contributed by atoms with Gasteiger partial charge < -0.3 is 14.8 Å². The van der Waals surface area contributed by atoms with E-state index in [1.165, 1.54) is 14.2 Å². The van der Waals surface area contributed by atoms with Crippen LogP contribution in [0.3, 0.4) is 0 Å². The fourth-order valence-electron chi connectivity index (χ4n) is 1.83. The number of hydrogen-bond acceptors (Lipinski definition) is 7. The van der Waals surface area contributed by atoms with Crippen LogP contribution in [0.4, 0.5) is 11.6 Å². The molecule has 0 aliphatic heterocycles. The van der Waals surface area contributed by atoms with Crippen LogP contribution in [-0.2, 0) is 0 Å². The van der Waals surface area contributed by atoms with Crippen molar-refractivity contribution < 1.29 is 14.4 Å². The van der Waals surface area contributed by atoms with Gasteiger partial charge in [-0.1, -0.05) is 0 Å². The normalized spacial score (nSPS) is 10.0. The Morgan fingerprint density at radius 3 is 2.62 bits per heavy atom. The van der Waals surface area contributed by atoms with Gasteiger partial charge in [0.05, 0.1) is 24.7 Å². The van der Waals surface area contributed by atoms with Gasteiger partial charge in [-0.3, -0.25) is 10.1 Å². The number of benzene rings is 1. The molecule has 0 aliphatic carbocycles. The van der Waals surface area contributed by atoms with Gasteiger partial charge in [0.25, 0.3) is 0 Å². The lowest BCUT2D eigenvalue weighted by Gasteiger charge is -2.11. The Labute approximate surface area is 120 Å².